The van der Waals surface area contributed by atoms with Crippen LogP contribution in [0.4, 0.5) is 15.8 Å². The Morgan fingerprint density at radius 2 is 1.97 bits per heavy atom. The van der Waals surface area contributed by atoms with E-state index in [9.17, 15) is 9.18 Å². The summed E-state index contributed by atoms with van der Waals surface area (Å²) in [6, 6.07) is 5.08. The number of aryl methyl sites for hydroxylation is 3. The van der Waals surface area contributed by atoms with E-state index in [1.165, 1.54) is 6.07 Å². The van der Waals surface area contributed by atoms with Crippen LogP contribution < -0.4 is 15.5 Å². The lowest BCUT2D eigenvalue weighted by Gasteiger charge is -2.30. The van der Waals surface area contributed by atoms with Gasteiger partial charge in [-0.05, 0) is 26.0 Å². The number of halogens is 1. The minimum Gasteiger partial charge on any atom is -0.368 e. The van der Waals surface area contributed by atoms with Gasteiger partial charge in [0.25, 0.3) is 5.91 Å². The number of amides is 1. The molecule has 0 aliphatic carbocycles. The van der Waals surface area contributed by atoms with E-state index in [1.54, 1.807) is 34.5 Å². The molecule has 5 rings (SSSR count). The number of aromatic nitrogens is 4. The van der Waals surface area contributed by atoms with Crippen LogP contribution in [0.25, 0.3) is 16.6 Å². The average Bonchev–Trinajstić information content (AvgIpc) is 3.27. The molecule has 0 atom stereocenters. The highest BCUT2D eigenvalue weighted by atomic mass is 19.1. The number of carbonyl (C=O) groups is 1. The maximum Gasteiger partial charge on any atom is 0.257 e. The lowest BCUT2D eigenvalue weighted by molar-refractivity contribution is 0.102. The standard InChI is InChI=1S/C22H24FN7O/c1-13-11-30-12-15(10-17(23)21(30)25-13)26-22(31)16-4-5-18(29-8-6-24-7-9-29)19-14(2)28(3)27-20(16)19/h4-5,10-12,24H,6-9H2,1-3H3,(H,26,31). The molecule has 0 saturated carbocycles. The van der Waals surface area contributed by atoms with Gasteiger partial charge in [0.15, 0.2) is 11.5 Å². The van der Waals surface area contributed by atoms with Crippen LogP contribution in [-0.2, 0) is 7.05 Å². The van der Waals surface area contributed by atoms with Gasteiger partial charge in [0.2, 0.25) is 0 Å². The van der Waals surface area contributed by atoms with Crippen molar-refractivity contribution in [3.63, 3.8) is 0 Å². The van der Waals surface area contributed by atoms with Crippen molar-refractivity contribution >= 4 is 33.8 Å². The Labute approximate surface area is 178 Å². The first-order chi connectivity index (χ1) is 14.9. The molecule has 0 bridgehead atoms. The highest BCUT2D eigenvalue weighted by Gasteiger charge is 2.22. The highest BCUT2D eigenvalue weighted by Crippen LogP contribution is 2.32. The summed E-state index contributed by atoms with van der Waals surface area (Å²) >= 11 is 0. The fraction of sp³-hybridized carbons (Fsp3) is 0.318. The van der Waals surface area contributed by atoms with Crippen molar-refractivity contribution in [3.05, 3.63) is 53.4 Å². The summed E-state index contributed by atoms with van der Waals surface area (Å²) in [7, 11) is 1.88. The molecule has 2 N–H and O–H groups in total. The SMILES string of the molecule is Cc1cn2cc(NC(=O)c3ccc(N4CCNCC4)c4c(C)n(C)nc34)cc(F)c2n1. The van der Waals surface area contributed by atoms with Crippen molar-refractivity contribution in [1.82, 2.24) is 24.5 Å². The topological polar surface area (TPSA) is 79.5 Å². The number of hydrogen-bond donors (Lipinski definition) is 2. The van der Waals surface area contributed by atoms with Crippen molar-refractivity contribution in [2.45, 2.75) is 13.8 Å². The quantitative estimate of drug-likeness (QED) is 0.532. The van der Waals surface area contributed by atoms with Crippen LogP contribution in [0, 0.1) is 19.7 Å². The number of benzene rings is 1. The average molecular weight is 421 g/mol. The lowest BCUT2D eigenvalue weighted by Crippen LogP contribution is -2.43. The largest absolute Gasteiger partial charge is 0.368 e. The zero-order valence-corrected chi connectivity index (χ0v) is 17.7. The molecule has 0 unspecified atom stereocenters. The molecule has 1 amide bonds. The smallest absolute Gasteiger partial charge is 0.257 e. The summed E-state index contributed by atoms with van der Waals surface area (Å²) in [6.07, 6.45) is 3.38. The number of hydrogen-bond acceptors (Lipinski definition) is 5. The molecule has 1 aliphatic heterocycles. The number of piperazine rings is 1. The molecule has 3 aromatic heterocycles. The third-order valence-electron chi connectivity index (χ3n) is 5.84. The van der Waals surface area contributed by atoms with Crippen LogP contribution in [0.5, 0.6) is 0 Å². The van der Waals surface area contributed by atoms with Gasteiger partial charge in [-0.1, -0.05) is 0 Å². The van der Waals surface area contributed by atoms with Crippen LogP contribution in [0.15, 0.2) is 30.6 Å². The zero-order chi connectivity index (χ0) is 21.7. The molecule has 0 spiro atoms. The van der Waals surface area contributed by atoms with Gasteiger partial charge in [-0.15, -0.1) is 0 Å². The minimum atomic E-state index is -0.487. The first-order valence-corrected chi connectivity index (χ1v) is 10.3. The van der Waals surface area contributed by atoms with Crippen molar-refractivity contribution in [2.75, 3.05) is 36.4 Å². The normalized spacial score (nSPS) is 14.5. The number of rotatable bonds is 3. The molecule has 160 valence electrons. The number of carbonyl (C=O) groups excluding carboxylic acids is 1. The Balaban J connectivity index is 1.54. The van der Waals surface area contributed by atoms with Gasteiger partial charge in [0.05, 0.1) is 16.9 Å². The van der Waals surface area contributed by atoms with Gasteiger partial charge in [0.1, 0.15) is 5.52 Å². The van der Waals surface area contributed by atoms with Crippen molar-refractivity contribution in [3.8, 4) is 0 Å². The zero-order valence-electron chi connectivity index (χ0n) is 17.7. The maximum atomic E-state index is 14.4. The van der Waals surface area contributed by atoms with E-state index in [0.29, 0.717) is 22.5 Å². The van der Waals surface area contributed by atoms with E-state index >= 15 is 0 Å². The second kappa shape index (κ2) is 7.35. The van der Waals surface area contributed by atoms with Crippen LogP contribution in [0.3, 0.4) is 0 Å². The number of fused-ring (bicyclic) bond motifs is 2. The summed E-state index contributed by atoms with van der Waals surface area (Å²) in [5, 5.41) is 11.8. The van der Waals surface area contributed by atoms with E-state index in [2.05, 4.69) is 25.6 Å². The summed E-state index contributed by atoms with van der Waals surface area (Å²) in [5.41, 5.74) is 4.49. The number of nitrogens with zero attached hydrogens (tertiary/aromatic N) is 5. The molecule has 4 aromatic rings. The van der Waals surface area contributed by atoms with Crippen LogP contribution >= 0.6 is 0 Å². The molecule has 8 nitrogen and oxygen atoms in total. The number of nitrogens with one attached hydrogen (secondary N) is 2. The first-order valence-electron chi connectivity index (χ1n) is 10.3. The molecule has 0 radical (unpaired) electrons. The molecule has 4 heterocycles. The molecule has 1 fully saturated rings. The predicted molar refractivity (Wildman–Crippen MR) is 118 cm³/mol. The van der Waals surface area contributed by atoms with E-state index < -0.39 is 5.82 Å². The second-order valence-corrected chi connectivity index (χ2v) is 7.95. The fourth-order valence-electron chi connectivity index (χ4n) is 4.23. The molecule has 31 heavy (non-hydrogen) atoms. The molecule has 1 saturated heterocycles. The number of anilines is 2. The van der Waals surface area contributed by atoms with E-state index in [0.717, 1.165) is 42.9 Å². The van der Waals surface area contributed by atoms with Gasteiger partial charge in [-0.3, -0.25) is 9.48 Å². The summed E-state index contributed by atoms with van der Waals surface area (Å²) in [5.74, 6) is -0.815. The Morgan fingerprint density at radius 1 is 1.19 bits per heavy atom. The van der Waals surface area contributed by atoms with Gasteiger partial charge in [0, 0.05) is 68.5 Å². The third-order valence-corrected chi connectivity index (χ3v) is 5.84. The second-order valence-electron chi connectivity index (χ2n) is 7.95. The van der Waals surface area contributed by atoms with Crippen molar-refractivity contribution in [1.29, 1.82) is 0 Å². The lowest BCUT2D eigenvalue weighted by atomic mass is 10.1. The monoisotopic (exact) mass is 421 g/mol. The third kappa shape index (κ3) is 3.31. The molecular weight excluding hydrogens is 397 g/mol. The van der Waals surface area contributed by atoms with Crippen LogP contribution in [0.2, 0.25) is 0 Å². The Morgan fingerprint density at radius 3 is 2.74 bits per heavy atom. The molecular formula is C22H24FN7O. The molecule has 1 aromatic carbocycles. The molecule has 1 aliphatic rings. The summed E-state index contributed by atoms with van der Waals surface area (Å²) < 4.78 is 17.8. The first kappa shape index (κ1) is 19.5. The van der Waals surface area contributed by atoms with Gasteiger partial charge >= 0.3 is 0 Å². The Hall–Kier alpha value is -3.46. The highest BCUT2D eigenvalue weighted by molar-refractivity contribution is 6.14. The number of pyridine rings is 1. The Bertz CT molecular complexity index is 1320. The van der Waals surface area contributed by atoms with Gasteiger partial charge in [-0.25, -0.2) is 9.37 Å². The number of imidazole rings is 1. The minimum absolute atomic E-state index is 0.235. The fourth-order valence-corrected chi connectivity index (χ4v) is 4.23. The van der Waals surface area contributed by atoms with E-state index in [1.807, 2.05) is 20.0 Å². The van der Waals surface area contributed by atoms with Gasteiger partial charge < -0.3 is 19.9 Å². The van der Waals surface area contributed by atoms with Crippen molar-refractivity contribution in [2.24, 2.45) is 7.05 Å². The summed E-state index contributed by atoms with van der Waals surface area (Å²) in [4.78, 5) is 19.6. The van der Waals surface area contributed by atoms with Crippen molar-refractivity contribution < 1.29 is 9.18 Å². The van der Waals surface area contributed by atoms with Gasteiger partial charge in [-0.2, -0.15) is 5.10 Å². The van der Waals surface area contributed by atoms with Crippen LogP contribution in [0.1, 0.15) is 21.7 Å². The Kier molecular flexibility index (Phi) is 4.62. The predicted octanol–water partition coefficient (Wildman–Crippen LogP) is 2.64. The summed E-state index contributed by atoms with van der Waals surface area (Å²) in [6.45, 7) is 7.45. The van der Waals surface area contributed by atoms with Crippen LogP contribution in [-0.4, -0.2) is 51.3 Å². The molecule has 9 heteroatoms. The van der Waals surface area contributed by atoms with E-state index in [4.69, 9.17) is 0 Å². The maximum absolute atomic E-state index is 14.4. The van der Waals surface area contributed by atoms with E-state index in [-0.39, 0.29) is 11.6 Å².